The van der Waals surface area contributed by atoms with Crippen LogP contribution in [0.2, 0.25) is 0 Å². The second kappa shape index (κ2) is 6.94. The minimum absolute atomic E-state index is 0.0580. The summed E-state index contributed by atoms with van der Waals surface area (Å²) >= 11 is 0. The number of pyridine rings is 1. The molecule has 1 atom stereocenters. The SMILES string of the molecule is COc1ccc2c(c1)CCC[C@@]21NC(=O)N(Cc2cc(=O)n3cc(C)ccc3n2)C1=O. The number of carbonyl (C=O) groups excluding carboxylic acids is 2. The summed E-state index contributed by atoms with van der Waals surface area (Å²) in [5, 5.41) is 2.93. The lowest BCUT2D eigenvalue weighted by atomic mass is 9.76. The minimum Gasteiger partial charge on any atom is -0.497 e. The molecule has 0 saturated carbocycles. The lowest BCUT2D eigenvalue weighted by Gasteiger charge is -2.33. The van der Waals surface area contributed by atoms with Crippen LogP contribution >= 0.6 is 0 Å². The van der Waals surface area contributed by atoms with E-state index in [2.05, 4.69) is 10.3 Å². The summed E-state index contributed by atoms with van der Waals surface area (Å²) in [6.45, 7) is 1.83. The van der Waals surface area contributed by atoms with Gasteiger partial charge in [-0.3, -0.25) is 18.9 Å². The van der Waals surface area contributed by atoms with Crippen LogP contribution in [0.4, 0.5) is 4.79 Å². The van der Waals surface area contributed by atoms with Crippen molar-refractivity contribution in [3.63, 3.8) is 0 Å². The molecule has 0 radical (unpaired) electrons. The fourth-order valence-corrected chi connectivity index (χ4v) is 4.62. The molecule has 2 aromatic heterocycles. The van der Waals surface area contributed by atoms with Crippen molar-refractivity contribution in [2.45, 2.75) is 38.3 Å². The summed E-state index contributed by atoms with van der Waals surface area (Å²) < 4.78 is 6.77. The zero-order valence-corrected chi connectivity index (χ0v) is 17.3. The Kier molecular flexibility index (Phi) is 4.32. The Morgan fingerprint density at radius 1 is 1.16 bits per heavy atom. The first-order chi connectivity index (χ1) is 14.9. The standard InChI is InChI=1S/C23H22N4O4/c1-14-5-8-19-24-16(11-20(28)26(19)12-14)13-27-21(29)23(25-22(27)30)9-3-4-15-10-17(31-2)6-7-18(15)23/h5-8,10-12H,3-4,9,13H2,1-2H3,(H,25,30)/t23-/m1/s1. The van der Waals surface area contributed by atoms with Crippen LogP contribution in [0.25, 0.3) is 5.65 Å². The Balaban J connectivity index is 1.50. The van der Waals surface area contributed by atoms with Gasteiger partial charge in [-0.1, -0.05) is 12.1 Å². The van der Waals surface area contributed by atoms with Crippen molar-refractivity contribution >= 4 is 17.6 Å². The molecule has 1 aromatic carbocycles. The van der Waals surface area contributed by atoms with Crippen LogP contribution in [-0.2, 0) is 23.3 Å². The number of urea groups is 1. The minimum atomic E-state index is -1.08. The largest absolute Gasteiger partial charge is 0.497 e. The summed E-state index contributed by atoms with van der Waals surface area (Å²) in [5.41, 5.74) is 2.26. The number of fused-ring (bicyclic) bond motifs is 3. The third kappa shape index (κ3) is 2.98. The van der Waals surface area contributed by atoms with Crippen LogP contribution in [0, 0.1) is 6.92 Å². The molecule has 2 aliphatic rings. The average Bonchev–Trinajstić information content (AvgIpc) is 2.99. The fraction of sp³-hybridized carbons (Fsp3) is 0.304. The molecule has 8 nitrogen and oxygen atoms in total. The number of imide groups is 1. The molecule has 3 aromatic rings. The maximum absolute atomic E-state index is 13.5. The Labute approximate surface area is 178 Å². The van der Waals surface area contributed by atoms with E-state index in [1.165, 1.54) is 10.5 Å². The summed E-state index contributed by atoms with van der Waals surface area (Å²) in [6.07, 6.45) is 3.83. The molecule has 1 saturated heterocycles. The maximum Gasteiger partial charge on any atom is 0.325 e. The number of nitrogens with one attached hydrogen (secondary N) is 1. The maximum atomic E-state index is 13.5. The number of benzene rings is 1. The van der Waals surface area contributed by atoms with E-state index < -0.39 is 11.6 Å². The van der Waals surface area contributed by atoms with Gasteiger partial charge in [0.05, 0.1) is 19.3 Å². The number of aryl methyl sites for hydroxylation is 2. The topological polar surface area (TPSA) is 93.0 Å². The van der Waals surface area contributed by atoms with Crippen LogP contribution in [-0.4, -0.2) is 33.3 Å². The van der Waals surface area contributed by atoms with Gasteiger partial charge < -0.3 is 10.1 Å². The Hall–Kier alpha value is -3.68. The van der Waals surface area contributed by atoms with Crippen molar-refractivity contribution in [2.75, 3.05) is 7.11 Å². The van der Waals surface area contributed by atoms with E-state index in [1.807, 2.05) is 31.2 Å². The van der Waals surface area contributed by atoms with Crippen LogP contribution in [0.3, 0.4) is 0 Å². The number of methoxy groups -OCH3 is 1. The summed E-state index contributed by atoms with van der Waals surface area (Å²) in [4.78, 5) is 44.5. The second-order valence-corrected chi connectivity index (χ2v) is 8.12. The van der Waals surface area contributed by atoms with Gasteiger partial charge in [0.1, 0.15) is 16.9 Å². The summed E-state index contributed by atoms with van der Waals surface area (Å²) in [5.74, 6) is 0.412. The normalized spacial score (nSPS) is 20.3. The third-order valence-electron chi connectivity index (χ3n) is 6.13. The van der Waals surface area contributed by atoms with E-state index in [4.69, 9.17) is 4.74 Å². The van der Waals surface area contributed by atoms with Gasteiger partial charge in [0, 0.05) is 12.3 Å². The van der Waals surface area contributed by atoms with Gasteiger partial charge >= 0.3 is 6.03 Å². The van der Waals surface area contributed by atoms with Gasteiger partial charge in [0.2, 0.25) is 0 Å². The van der Waals surface area contributed by atoms with Gasteiger partial charge in [-0.2, -0.15) is 0 Å². The van der Waals surface area contributed by atoms with E-state index in [0.717, 1.165) is 40.2 Å². The number of hydrogen-bond donors (Lipinski definition) is 1. The molecule has 158 valence electrons. The molecule has 1 aliphatic carbocycles. The highest BCUT2D eigenvalue weighted by atomic mass is 16.5. The molecule has 0 bridgehead atoms. The molecule has 31 heavy (non-hydrogen) atoms. The predicted molar refractivity (Wildman–Crippen MR) is 113 cm³/mol. The zero-order valence-electron chi connectivity index (χ0n) is 17.3. The number of carbonyl (C=O) groups is 2. The Morgan fingerprint density at radius 3 is 2.81 bits per heavy atom. The smallest absolute Gasteiger partial charge is 0.325 e. The zero-order chi connectivity index (χ0) is 21.8. The predicted octanol–water partition coefficient (Wildman–Crippen LogP) is 2.30. The monoisotopic (exact) mass is 418 g/mol. The van der Waals surface area contributed by atoms with Crippen molar-refractivity contribution in [3.05, 3.63) is 75.3 Å². The Morgan fingerprint density at radius 2 is 2.00 bits per heavy atom. The fourth-order valence-electron chi connectivity index (χ4n) is 4.62. The third-order valence-corrected chi connectivity index (χ3v) is 6.13. The number of ether oxygens (including phenoxy) is 1. The number of hydrogen-bond acceptors (Lipinski definition) is 5. The highest BCUT2D eigenvalue weighted by molar-refractivity contribution is 6.07. The molecule has 1 fully saturated rings. The van der Waals surface area contributed by atoms with E-state index in [0.29, 0.717) is 17.8 Å². The van der Waals surface area contributed by atoms with Gasteiger partial charge in [0.15, 0.2) is 0 Å². The molecule has 3 amide bonds. The molecule has 1 spiro atoms. The van der Waals surface area contributed by atoms with Crippen molar-refractivity contribution in [2.24, 2.45) is 0 Å². The van der Waals surface area contributed by atoms with Crippen LogP contribution < -0.4 is 15.6 Å². The average molecular weight is 418 g/mol. The number of amides is 3. The first kappa shape index (κ1) is 19.3. The first-order valence-electron chi connectivity index (χ1n) is 10.2. The summed E-state index contributed by atoms with van der Waals surface area (Å²) in [6, 6.07) is 10.1. The second-order valence-electron chi connectivity index (χ2n) is 8.12. The van der Waals surface area contributed by atoms with Gasteiger partial charge in [-0.25, -0.2) is 9.78 Å². The first-order valence-corrected chi connectivity index (χ1v) is 10.2. The van der Waals surface area contributed by atoms with Crippen LogP contribution in [0.1, 0.15) is 35.2 Å². The highest BCUT2D eigenvalue weighted by Crippen LogP contribution is 2.41. The van der Waals surface area contributed by atoms with Crippen LogP contribution in [0.5, 0.6) is 5.75 Å². The van der Waals surface area contributed by atoms with Gasteiger partial charge in [-0.15, -0.1) is 0 Å². The van der Waals surface area contributed by atoms with E-state index >= 15 is 0 Å². The van der Waals surface area contributed by atoms with E-state index in [9.17, 15) is 14.4 Å². The van der Waals surface area contributed by atoms with Crippen LogP contribution in [0.15, 0.2) is 47.4 Å². The number of rotatable bonds is 3. The van der Waals surface area contributed by atoms with Crippen molar-refractivity contribution in [3.8, 4) is 5.75 Å². The lowest BCUT2D eigenvalue weighted by Crippen LogP contribution is -2.46. The van der Waals surface area contributed by atoms with Crippen molar-refractivity contribution < 1.29 is 14.3 Å². The molecular weight excluding hydrogens is 396 g/mol. The molecular formula is C23H22N4O4. The molecule has 8 heteroatoms. The quantitative estimate of drug-likeness (QED) is 0.659. The van der Waals surface area contributed by atoms with Gasteiger partial charge in [-0.05, 0) is 61.1 Å². The molecule has 3 heterocycles. The number of nitrogens with zero attached hydrogens (tertiary/aromatic N) is 3. The summed E-state index contributed by atoms with van der Waals surface area (Å²) in [7, 11) is 1.60. The lowest BCUT2D eigenvalue weighted by molar-refractivity contribution is -0.132. The number of aromatic nitrogens is 2. The van der Waals surface area contributed by atoms with Gasteiger partial charge in [0.25, 0.3) is 11.5 Å². The van der Waals surface area contributed by atoms with E-state index in [-0.39, 0.29) is 18.0 Å². The van der Waals surface area contributed by atoms with Crippen molar-refractivity contribution in [1.29, 1.82) is 0 Å². The molecule has 0 unspecified atom stereocenters. The molecule has 5 rings (SSSR count). The molecule has 1 aliphatic heterocycles. The Bertz CT molecular complexity index is 1300. The molecule has 1 N–H and O–H groups in total. The van der Waals surface area contributed by atoms with E-state index in [1.54, 1.807) is 19.4 Å². The highest BCUT2D eigenvalue weighted by Gasteiger charge is 2.54. The van der Waals surface area contributed by atoms with Crippen molar-refractivity contribution in [1.82, 2.24) is 19.6 Å².